The maximum Gasteiger partial charge on any atom is 0.126 e. The third-order valence-electron chi connectivity index (χ3n) is 4.92. The molecule has 3 nitrogen and oxygen atoms in total. The minimum absolute atomic E-state index is 0.00588. The molecule has 0 amide bonds. The lowest BCUT2D eigenvalue weighted by atomic mass is 9.93. The zero-order valence-electron chi connectivity index (χ0n) is 15.1. The second kappa shape index (κ2) is 7.67. The van der Waals surface area contributed by atoms with Crippen molar-refractivity contribution >= 4 is 21.6 Å². The van der Waals surface area contributed by atoms with Crippen LogP contribution in [0, 0.1) is 6.92 Å². The lowest BCUT2D eigenvalue weighted by Crippen LogP contribution is -2.33. The van der Waals surface area contributed by atoms with Crippen molar-refractivity contribution in [3.63, 3.8) is 0 Å². The van der Waals surface area contributed by atoms with Gasteiger partial charge in [0.2, 0.25) is 0 Å². The van der Waals surface area contributed by atoms with Gasteiger partial charge in [0.25, 0.3) is 0 Å². The summed E-state index contributed by atoms with van der Waals surface area (Å²) in [4.78, 5) is 5.00. The summed E-state index contributed by atoms with van der Waals surface area (Å²) in [6, 6.07) is 24.2. The first-order chi connectivity index (χ1) is 13.1. The molecule has 3 aromatic carbocycles. The topological polar surface area (TPSA) is 44.6 Å². The van der Waals surface area contributed by atoms with Crippen LogP contribution in [-0.2, 0) is 0 Å². The largest absolute Gasteiger partial charge is 0.508 e. The number of phenolic OH excluding ortho intramolecular Hbond substituents is 1. The predicted octanol–water partition coefficient (Wildman–Crippen LogP) is 5.69. The molecule has 0 saturated carbocycles. The summed E-state index contributed by atoms with van der Waals surface area (Å²) in [6.07, 6.45) is 0.570. The smallest absolute Gasteiger partial charge is 0.126 e. The Morgan fingerprint density at radius 1 is 0.963 bits per heavy atom. The third-order valence-corrected chi connectivity index (χ3v) is 5.45. The fraction of sp³-hybridized carbons (Fsp3) is 0.174. The predicted molar refractivity (Wildman–Crippen MR) is 113 cm³/mol. The van der Waals surface area contributed by atoms with Gasteiger partial charge in [-0.05, 0) is 36.2 Å². The van der Waals surface area contributed by atoms with Crippen LogP contribution in [0.3, 0.4) is 0 Å². The van der Waals surface area contributed by atoms with Gasteiger partial charge in [0.05, 0.1) is 0 Å². The maximum absolute atomic E-state index is 10.4. The number of aryl methyl sites for hydroxylation is 1. The number of aromatic hydroxyl groups is 1. The molecule has 136 valence electrons. The Morgan fingerprint density at radius 2 is 1.67 bits per heavy atom. The van der Waals surface area contributed by atoms with Gasteiger partial charge in [0.1, 0.15) is 11.9 Å². The third kappa shape index (κ3) is 3.97. The SMILES string of the molecule is Cc1ccc(C2=N[C@@H](c3ccc(Br)cc3)N[C@H](c3ccccc3O)C2)cc1. The Labute approximate surface area is 167 Å². The van der Waals surface area contributed by atoms with Crippen molar-refractivity contribution in [2.45, 2.75) is 25.6 Å². The van der Waals surface area contributed by atoms with E-state index in [0.717, 1.165) is 33.3 Å². The van der Waals surface area contributed by atoms with Crippen molar-refractivity contribution in [1.29, 1.82) is 0 Å². The first-order valence-corrected chi connectivity index (χ1v) is 9.82. The highest BCUT2D eigenvalue weighted by Crippen LogP contribution is 2.34. The van der Waals surface area contributed by atoms with Crippen LogP contribution in [0.5, 0.6) is 5.75 Å². The van der Waals surface area contributed by atoms with Crippen LogP contribution in [0.2, 0.25) is 0 Å². The number of benzene rings is 3. The van der Waals surface area contributed by atoms with Crippen molar-refractivity contribution in [2.24, 2.45) is 4.99 Å². The molecule has 0 aliphatic carbocycles. The minimum Gasteiger partial charge on any atom is -0.508 e. The minimum atomic E-state index is -0.159. The molecular formula is C23H21BrN2O. The van der Waals surface area contributed by atoms with Crippen LogP contribution in [-0.4, -0.2) is 10.8 Å². The van der Waals surface area contributed by atoms with Crippen LogP contribution in [0.4, 0.5) is 0 Å². The van der Waals surface area contributed by atoms with E-state index in [1.54, 1.807) is 6.07 Å². The standard InChI is InChI=1S/C23H21BrN2O/c1-15-6-8-16(9-7-15)20-14-21(19-4-2-3-5-22(19)27)26-23(25-20)17-10-12-18(24)13-11-17/h2-13,21,23,26-27H,14H2,1H3/t21-,23+/m0/s1. The maximum atomic E-state index is 10.4. The highest BCUT2D eigenvalue weighted by molar-refractivity contribution is 9.10. The zero-order chi connectivity index (χ0) is 18.8. The van der Waals surface area contributed by atoms with E-state index in [4.69, 9.17) is 4.99 Å². The normalized spacial score (nSPS) is 19.6. The molecule has 2 atom stereocenters. The Bertz CT molecular complexity index is 964. The van der Waals surface area contributed by atoms with Gasteiger partial charge in [0, 0.05) is 28.2 Å². The highest BCUT2D eigenvalue weighted by Gasteiger charge is 2.27. The van der Waals surface area contributed by atoms with E-state index in [1.165, 1.54) is 5.56 Å². The van der Waals surface area contributed by atoms with Gasteiger partial charge >= 0.3 is 0 Å². The zero-order valence-corrected chi connectivity index (χ0v) is 16.6. The van der Waals surface area contributed by atoms with Crippen LogP contribution in [0.1, 0.15) is 40.9 Å². The van der Waals surface area contributed by atoms with Crippen molar-refractivity contribution < 1.29 is 5.11 Å². The first kappa shape index (κ1) is 18.0. The van der Waals surface area contributed by atoms with E-state index < -0.39 is 0 Å². The molecule has 27 heavy (non-hydrogen) atoms. The van der Waals surface area contributed by atoms with Crippen molar-refractivity contribution in [2.75, 3.05) is 0 Å². The van der Waals surface area contributed by atoms with E-state index >= 15 is 0 Å². The fourth-order valence-corrected chi connectivity index (χ4v) is 3.69. The number of halogens is 1. The molecule has 0 saturated heterocycles. The number of hydrogen-bond acceptors (Lipinski definition) is 3. The van der Waals surface area contributed by atoms with E-state index in [2.05, 4.69) is 64.6 Å². The Balaban J connectivity index is 1.75. The lowest BCUT2D eigenvalue weighted by molar-refractivity contribution is 0.412. The van der Waals surface area contributed by atoms with Gasteiger partial charge in [-0.1, -0.05) is 76.1 Å². The average Bonchev–Trinajstić information content (AvgIpc) is 2.69. The van der Waals surface area contributed by atoms with E-state index in [9.17, 15) is 5.11 Å². The van der Waals surface area contributed by atoms with E-state index in [-0.39, 0.29) is 12.2 Å². The number of nitrogens with one attached hydrogen (secondary N) is 1. The molecule has 0 aromatic heterocycles. The van der Waals surface area contributed by atoms with Gasteiger partial charge in [-0.15, -0.1) is 0 Å². The molecule has 1 heterocycles. The highest BCUT2D eigenvalue weighted by atomic mass is 79.9. The molecule has 0 radical (unpaired) electrons. The molecule has 4 rings (SSSR count). The first-order valence-electron chi connectivity index (χ1n) is 9.03. The second-order valence-electron chi connectivity index (χ2n) is 6.88. The van der Waals surface area contributed by atoms with Crippen molar-refractivity contribution in [3.8, 4) is 5.75 Å². The van der Waals surface area contributed by atoms with Crippen LogP contribution < -0.4 is 5.32 Å². The Hall–Kier alpha value is -2.43. The van der Waals surface area contributed by atoms with Gasteiger partial charge in [-0.2, -0.15) is 0 Å². The summed E-state index contributed by atoms with van der Waals surface area (Å²) in [7, 11) is 0. The van der Waals surface area contributed by atoms with E-state index in [0.29, 0.717) is 5.75 Å². The van der Waals surface area contributed by atoms with Crippen molar-refractivity contribution in [3.05, 3.63) is 99.5 Å². The monoisotopic (exact) mass is 420 g/mol. The lowest BCUT2D eigenvalue weighted by Gasteiger charge is -2.31. The number of aliphatic imine (C=N–C) groups is 1. The second-order valence-corrected chi connectivity index (χ2v) is 7.79. The number of hydrogen-bond donors (Lipinski definition) is 2. The van der Waals surface area contributed by atoms with Crippen LogP contribution in [0.25, 0.3) is 0 Å². The number of nitrogens with zero attached hydrogens (tertiary/aromatic N) is 1. The molecule has 0 bridgehead atoms. The molecule has 0 spiro atoms. The summed E-state index contributed by atoms with van der Waals surface area (Å²) in [5, 5.41) is 14.0. The molecule has 1 aliphatic heterocycles. The number of phenols is 1. The van der Waals surface area contributed by atoms with E-state index in [1.807, 2.05) is 30.3 Å². The number of para-hydroxylation sites is 1. The molecular weight excluding hydrogens is 400 g/mol. The van der Waals surface area contributed by atoms with Crippen molar-refractivity contribution in [1.82, 2.24) is 5.32 Å². The molecule has 3 aromatic rings. The summed E-state index contributed by atoms with van der Waals surface area (Å²) in [5.41, 5.74) is 5.41. The summed E-state index contributed by atoms with van der Waals surface area (Å²) >= 11 is 3.49. The number of rotatable bonds is 3. The molecule has 2 N–H and O–H groups in total. The van der Waals surface area contributed by atoms with Crippen LogP contribution in [0.15, 0.2) is 82.3 Å². The summed E-state index contributed by atoms with van der Waals surface area (Å²) in [5.74, 6) is 0.315. The van der Waals surface area contributed by atoms with Crippen LogP contribution >= 0.6 is 15.9 Å². The quantitative estimate of drug-likeness (QED) is 0.571. The summed E-state index contributed by atoms with van der Waals surface area (Å²) in [6.45, 7) is 2.09. The van der Waals surface area contributed by atoms with Gasteiger partial charge in [0.15, 0.2) is 0 Å². The summed E-state index contributed by atoms with van der Waals surface area (Å²) < 4.78 is 1.04. The molecule has 4 heteroatoms. The molecule has 0 fully saturated rings. The Morgan fingerprint density at radius 3 is 2.37 bits per heavy atom. The van der Waals surface area contributed by atoms with Gasteiger partial charge in [-0.25, -0.2) is 0 Å². The van der Waals surface area contributed by atoms with Gasteiger partial charge in [-0.3, -0.25) is 10.3 Å². The molecule has 0 unspecified atom stereocenters. The van der Waals surface area contributed by atoms with Gasteiger partial charge < -0.3 is 5.11 Å². The fourth-order valence-electron chi connectivity index (χ4n) is 3.42. The Kier molecular flexibility index (Phi) is 5.10. The average molecular weight is 421 g/mol. The molecule has 1 aliphatic rings.